The lowest BCUT2D eigenvalue weighted by Gasteiger charge is -2.35. The average Bonchev–Trinajstić information content (AvgIpc) is 2.62. The van der Waals surface area contributed by atoms with Gasteiger partial charge >= 0.3 is 0 Å². The molecule has 1 aromatic rings. The minimum atomic E-state index is 0. The molecule has 0 bridgehead atoms. The van der Waals surface area contributed by atoms with Crippen LogP contribution in [0.1, 0.15) is 35.2 Å². The molecule has 1 aliphatic heterocycles. The van der Waals surface area contributed by atoms with E-state index < -0.39 is 0 Å². The molecule has 2 rings (SSSR count). The maximum Gasteiger partial charge on any atom is 0.259 e. The second-order valence-electron chi connectivity index (χ2n) is 4.88. The minimum Gasteiger partial charge on any atom is -0.361 e. The number of hydrogen-bond donors (Lipinski definition) is 1. The van der Waals surface area contributed by atoms with Crippen molar-refractivity contribution < 1.29 is 9.32 Å². The van der Waals surface area contributed by atoms with E-state index in [-0.39, 0.29) is 24.4 Å². The summed E-state index contributed by atoms with van der Waals surface area (Å²) in [5, 5.41) is 3.82. The van der Waals surface area contributed by atoms with E-state index in [1.165, 1.54) is 0 Å². The highest BCUT2D eigenvalue weighted by Gasteiger charge is 2.29. The fourth-order valence-corrected chi connectivity index (χ4v) is 2.29. The van der Waals surface area contributed by atoms with E-state index in [4.69, 9.17) is 10.3 Å². The van der Waals surface area contributed by atoms with Gasteiger partial charge in [0.05, 0.1) is 5.69 Å². The van der Waals surface area contributed by atoms with Crippen LogP contribution in [0.2, 0.25) is 0 Å². The molecular weight excluding hydrogens is 254 g/mol. The maximum absolute atomic E-state index is 12.3. The van der Waals surface area contributed by atoms with E-state index in [1.807, 2.05) is 4.90 Å². The Labute approximate surface area is 113 Å². The Morgan fingerprint density at radius 3 is 2.67 bits per heavy atom. The van der Waals surface area contributed by atoms with Gasteiger partial charge < -0.3 is 15.2 Å². The van der Waals surface area contributed by atoms with Crippen LogP contribution < -0.4 is 5.73 Å². The van der Waals surface area contributed by atoms with Crippen LogP contribution in [0.3, 0.4) is 0 Å². The van der Waals surface area contributed by atoms with Crippen molar-refractivity contribution in [1.82, 2.24) is 10.1 Å². The summed E-state index contributed by atoms with van der Waals surface area (Å²) in [5.74, 6) is 0.947. The van der Waals surface area contributed by atoms with Gasteiger partial charge in [0.25, 0.3) is 5.91 Å². The summed E-state index contributed by atoms with van der Waals surface area (Å²) < 4.78 is 5.03. The predicted molar refractivity (Wildman–Crippen MR) is 70.9 cm³/mol. The highest BCUT2D eigenvalue weighted by Crippen LogP contribution is 2.20. The first-order valence-corrected chi connectivity index (χ1v) is 5.98. The molecule has 1 aromatic heterocycles. The van der Waals surface area contributed by atoms with Crippen LogP contribution in [0.5, 0.6) is 0 Å². The SMILES string of the molecule is Cc1noc(C)c1C(=O)N1CCC(N)C(C)C1.Cl. The average molecular weight is 274 g/mol. The molecule has 2 N–H and O–H groups in total. The van der Waals surface area contributed by atoms with Crippen LogP contribution >= 0.6 is 12.4 Å². The molecule has 0 aromatic carbocycles. The molecule has 18 heavy (non-hydrogen) atoms. The fourth-order valence-electron chi connectivity index (χ4n) is 2.29. The summed E-state index contributed by atoms with van der Waals surface area (Å²) in [6.07, 6.45) is 0.857. The molecular formula is C12H20ClN3O2. The number of nitrogens with zero attached hydrogens (tertiary/aromatic N) is 2. The van der Waals surface area contributed by atoms with Gasteiger partial charge in [-0.05, 0) is 26.2 Å². The lowest BCUT2D eigenvalue weighted by atomic mass is 9.94. The topological polar surface area (TPSA) is 72.4 Å². The zero-order valence-corrected chi connectivity index (χ0v) is 11.8. The van der Waals surface area contributed by atoms with Crippen molar-refractivity contribution in [2.75, 3.05) is 13.1 Å². The molecule has 1 amide bonds. The van der Waals surface area contributed by atoms with Crippen molar-refractivity contribution in [2.45, 2.75) is 33.2 Å². The van der Waals surface area contributed by atoms with Crippen molar-refractivity contribution in [3.05, 3.63) is 17.0 Å². The highest BCUT2D eigenvalue weighted by molar-refractivity contribution is 5.96. The number of carbonyl (C=O) groups excluding carboxylic acids is 1. The number of aryl methyl sites for hydroxylation is 2. The smallest absolute Gasteiger partial charge is 0.259 e. The second kappa shape index (κ2) is 5.71. The number of halogens is 1. The van der Waals surface area contributed by atoms with Crippen molar-refractivity contribution in [3.8, 4) is 0 Å². The van der Waals surface area contributed by atoms with Gasteiger partial charge in [-0.1, -0.05) is 12.1 Å². The number of nitrogens with two attached hydrogens (primary N) is 1. The van der Waals surface area contributed by atoms with Gasteiger partial charge in [0.1, 0.15) is 11.3 Å². The third-order valence-corrected chi connectivity index (χ3v) is 3.51. The summed E-state index contributed by atoms with van der Waals surface area (Å²) in [4.78, 5) is 14.2. The van der Waals surface area contributed by atoms with Crippen molar-refractivity contribution in [3.63, 3.8) is 0 Å². The summed E-state index contributed by atoms with van der Waals surface area (Å²) in [7, 11) is 0. The first-order valence-electron chi connectivity index (χ1n) is 5.98. The Hall–Kier alpha value is -1.07. The Bertz CT molecular complexity index is 413. The Morgan fingerprint density at radius 1 is 1.50 bits per heavy atom. The van der Waals surface area contributed by atoms with Crippen LogP contribution in [0.4, 0.5) is 0 Å². The zero-order chi connectivity index (χ0) is 12.6. The molecule has 2 unspecified atom stereocenters. The maximum atomic E-state index is 12.3. The first-order chi connectivity index (χ1) is 8.00. The predicted octanol–water partition coefficient (Wildman–Crippen LogP) is 1.52. The van der Waals surface area contributed by atoms with E-state index in [2.05, 4.69) is 12.1 Å². The Kier molecular flexibility index (Phi) is 4.76. The zero-order valence-electron chi connectivity index (χ0n) is 11.0. The van der Waals surface area contributed by atoms with Gasteiger partial charge in [0.15, 0.2) is 0 Å². The van der Waals surface area contributed by atoms with Crippen molar-refractivity contribution >= 4 is 18.3 Å². The number of piperidine rings is 1. The molecule has 1 saturated heterocycles. The normalized spacial score (nSPS) is 23.7. The van der Waals surface area contributed by atoms with E-state index in [9.17, 15) is 4.79 Å². The second-order valence-corrected chi connectivity index (χ2v) is 4.88. The van der Waals surface area contributed by atoms with E-state index in [0.29, 0.717) is 36.0 Å². The lowest BCUT2D eigenvalue weighted by Crippen LogP contribution is -2.48. The van der Waals surface area contributed by atoms with Gasteiger partial charge in [0.2, 0.25) is 0 Å². The van der Waals surface area contributed by atoms with Crippen LogP contribution in [0.25, 0.3) is 0 Å². The van der Waals surface area contributed by atoms with Gasteiger partial charge in [-0.25, -0.2) is 0 Å². The van der Waals surface area contributed by atoms with Crippen LogP contribution in [0.15, 0.2) is 4.52 Å². The van der Waals surface area contributed by atoms with Crippen molar-refractivity contribution in [1.29, 1.82) is 0 Å². The molecule has 1 aliphatic rings. The fraction of sp³-hybridized carbons (Fsp3) is 0.667. The number of aromatic nitrogens is 1. The standard InChI is InChI=1S/C12H19N3O2.ClH/c1-7-6-15(5-4-10(7)13)12(16)11-8(2)14-17-9(11)3;/h7,10H,4-6,13H2,1-3H3;1H. The molecule has 0 spiro atoms. The van der Waals surface area contributed by atoms with Crippen LogP contribution in [0, 0.1) is 19.8 Å². The van der Waals surface area contributed by atoms with E-state index >= 15 is 0 Å². The largest absolute Gasteiger partial charge is 0.361 e. The van der Waals surface area contributed by atoms with Crippen LogP contribution in [-0.2, 0) is 0 Å². The summed E-state index contributed by atoms with van der Waals surface area (Å²) in [6, 6.07) is 0.198. The highest BCUT2D eigenvalue weighted by atomic mass is 35.5. The van der Waals surface area contributed by atoms with Crippen LogP contribution in [-0.4, -0.2) is 35.1 Å². The number of likely N-dealkylation sites (tertiary alicyclic amines) is 1. The molecule has 0 radical (unpaired) electrons. The summed E-state index contributed by atoms with van der Waals surface area (Å²) >= 11 is 0. The number of carbonyl (C=O) groups is 1. The molecule has 0 saturated carbocycles. The van der Waals surface area contributed by atoms with Crippen molar-refractivity contribution in [2.24, 2.45) is 11.7 Å². The van der Waals surface area contributed by atoms with Gasteiger partial charge in [0, 0.05) is 19.1 Å². The summed E-state index contributed by atoms with van der Waals surface area (Å²) in [5.41, 5.74) is 7.22. The molecule has 2 heterocycles. The Balaban J connectivity index is 0.00000162. The van der Waals surface area contributed by atoms with E-state index in [1.54, 1.807) is 13.8 Å². The number of amides is 1. The first kappa shape index (κ1) is 15.0. The molecule has 2 atom stereocenters. The Morgan fingerprint density at radius 2 is 2.17 bits per heavy atom. The number of rotatable bonds is 1. The molecule has 0 aliphatic carbocycles. The minimum absolute atomic E-state index is 0. The third-order valence-electron chi connectivity index (χ3n) is 3.51. The van der Waals surface area contributed by atoms with Gasteiger partial charge in [-0.15, -0.1) is 12.4 Å². The number of hydrogen-bond acceptors (Lipinski definition) is 4. The molecule has 6 heteroatoms. The molecule has 102 valence electrons. The van der Waals surface area contributed by atoms with E-state index in [0.717, 1.165) is 6.42 Å². The molecule has 1 fully saturated rings. The molecule has 5 nitrogen and oxygen atoms in total. The quantitative estimate of drug-likeness (QED) is 0.842. The lowest BCUT2D eigenvalue weighted by molar-refractivity contribution is 0.0662. The third kappa shape index (κ3) is 2.67. The van der Waals surface area contributed by atoms with Gasteiger partial charge in [-0.2, -0.15) is 0 Å². The summed E-state index contributed by atoms with van der Waals surface area (Å²) in [6.45, 7) is 7.07. The monoisotopic (exact) mass is 273 g/mol. The van der Waals surface area contributed by atoms with Gasteiger partial charge in [-0.3, -0.25) is 4.79 Å².